The molecule has 0 bridgehead atoms. The molecule has 2 heterocycles. The van der Waals surface area contributed by atoms with E-state index in [-0.39, 0.29) is 24.2 Å². The van der Waals surface area contributed by atoms with Crippen LogP contribution in [0.3, 0.4) is 0 Å². The first-order chi connectivity index (χ1) is 15.4. The van der Waals surface area contributed by atoms with Gasteiger partial charge in [-0.25, -0.2) is 8.78 Å². The summed E-state index contributed by atoms with van der Waals surface area (Å²) in [6.45, 7) is 0.529. The van der Waals surface area contributed by atoms with Crippen LogP contribution in [0.25, 0.3) is 0 Å². The summed E-state index contributed by atoms with van der Waals surface area (Å²) in [7, 11) is 0. The molecule has 0 unspecified atom stereocenters. The van der Waals surface area contributed by atoms with E-state index in [1.807, 2.05) is 0 Å². The lowest BCUT2D eigenvalue weighted by Gasteiger charge is -2.33. The Labute approximate surface area is 192 Å². The van der Waals surface area contributed by atoms with E-state index in [2.05, 4.69) is 0 Å². The summed E-state index contributed by atoms with van der Waals surface area (Å²) < 4.78 is 27.7. The summed E-state index contributed by atoms with van der Waals surface area (Å²) >= 11 is 7.28. The van der Waals surface area contributed by atoms with Crippen molar-refractivity contribution in [3.8, 4) is 0 Å². The van der Waals surface area contributed by atoms with Crippen LogP contribution in [-0.4, -0.2) is 29.0 Å². The number of hydrogen-bond donors (Lipinski definition) is 0. The molecule has 2 amide bonds. The number of nitrogens with zero attached hydrogens (tertiary/aromatic N) is 2. The van der Waals surface area contributed by atoms with Crippen LogP contribution in [0.4, 0.5) is 14.5 Å². The summed E-state index contributed by atoms with van der Waals surface area (Å²) in [4.78, 5) is 29.0. The van der Waals surface area contributed by atoms with Gasteiger partial charge in [-0.2, -0.15) is 0 Å². The first-order valence-electron chi connectivity index (χ1n) is 9.98. The average molecular weight is 471 g/mol. The molecule has 0 N–H and O–H groups in total. The summed E-state index contributed by atoms with van der Waals surface area (Å²) in [5.41, 5.74) is 2.13. The van der Waals surface area contributed by atoms with E-state index in [1.165, 1.54) is 40.9 Å². The molecule has 162 valence electrons. The predicted molar refractivity (Wildman–Crippen MR) is 121 cm³/mol. The van der Waals surface area contributed by atoms with Crippen molar-refractivity contribution in [3.05, 3.63) is 100 Å². The van der Waals surface area contributed by atoms with Gasteiger partial charge in [-0.15, -0.1) is 11.8 Å². The van der Waals surface area contributed by atoms with Gasteiger partial charge >= 0.3 is 0 Å². The highest BCUT2D eigenvalue weighted by Crippen LogP contribution is 2.54. The van der Waals surface area contributed by atoms with Crippen molar-refractivity contribution in [2.24, 2.45) is 0 Å². The van der Waals surface area contributed by atoms with Crippen molar-refractivity contribution in [3.63, 3.8) is 0 Å². The van der Waals surface area contributed by atoms with Gasteiger partial charge < -0.3 is 9.80 Å². The van der Waals surface area contributed by atoms with E-state index < -0.39 is 10.7 Å². The molecule has 32 heavy (non-hydrogen) atoms. The maximum atomic E-state index is 14.3. The Morgan fingerprint density at radius 2 is 1.69 bits per heavy atom. The number of carbonyl (C=O) groups is 2. The van der Waals surface area contributed by atoms with Gasteiger partial charge in [0.1, 0.15) is 11.6 Å². The summed E-state index contributed by atoms with van der Waals surface area (Å²) in [5.74, 6) is -0.950. The lowest BCUT2D eigenvalue weighted by molar-refractivity contribution is -0.123. The van der Waals surface area contributed by atoms with Crippen molar-refractivity contribution in [2.75, 3.05) is 17.2 Å². The van der Waals surface area contributed by atoms with Crippen molar-refractivity contribution >= 4 is 40.9 Å². The zero-order chi connectivity index (χ0) is 22.5. The summed E-state index contributed by atoms with van der Waals surface area (Å²) in [6, 6.07) is 16.5. The fourth-order valence-corrected chi connectivity index (χ4v) is 5.84. The second kappa shape index (κ2) is 7.90. The third-order valence-corrected chi connectivity index (χ3v) is 7.42. The highest BCUT2D eigenvalue weighted by atomic mass is 35.5. The van der Waals surface area contributed by atoms with Crippen LogP contribution in [0.2, 0.25) is 5.02 Å². The van der Waals surface area contributed by atoms with Gasteiger partial charge in [0.2, 0.25) is 0 Å². The second-order valence-electron chi connectivity index (χ2n) is 7.64. The lowest BCUT2D eigenvalue weighted by Crippen LogP contribution is -2.50. The highest BCUT2D eigenvalue weighted by Gasteiger charge is 2.59. The Bertz CT molecular complexity index is 1220. The standard InChI is InChI=1S/C24H17ClF2N2O2S/c25-17-5-3-16(4-6-17)22(30)29-11-12-32-24(29)20-13-19(27)9-10-21(20)28(23(24)31)14-15-1-7-18(26)8-2-15/h1-10,13H,11-12,14H2/t24-/m1/s1. The van der Waals surface area contributed by atoms with Crippen LogP contribution in [0.1, 0.15) is 21.5 Å². The fourth-order valence-electron chi connectivity index (χ4n) is 4.27. The third-order valence-electron chi connectivity index (χ3n) is 5.75. The van der Waals surface area contributed by atoms with Crippen LogP contribution in [-0.2, 0) is 16.2 Å². The Balaban J connectivity index is 1.58. The molecule has 4 nitrogen and oxygen atoms in total. The first-order valence-corrected chi connectivity index (χ1v) is 11.3. The molecule has 1 saturated heterocycles. The largest absolute Gasteiger partial charge is 0.311 e. The lowest BCUT2D eigenvalue weighted by atomic mass is 10.0. The van der Waals surface area contributed by atoms with Crippen molar-refractivity contribution in [1.82, 2.24) is 4.90 Å². The maximum absolute atomic E-state index is 14.3. The third kappa shape index (κ3) is 3.27. The number of carbonyl (C=O) groups excluding carboxylic acids is 2. The summed E-state index contributed by atoms with van der Waals surface area (Å²) in [6.07, 6.45) is 0. The minimum atomic E-state index is -1.35. The number of amides is 2. The van der Waals surface area contributed by atoms with Gasteiger partial charge in [0.25, 0.3) is 11.8 Å². The smallest absolute Gasteiger partial charge is 0.268 e. The Morgan fingerprint density at radius 1 is 1.00 bits per heavy atom. The van der Waals surface area contributed by atoms with Gasteiger partial charge in [0.15, 0.2) is 4.87 Å². The quantitative estimate of drug-likeness (QED) is 0.528. The van der Waals surface area contributed by atoms with E-state index >= 15 is 0 Å². The minimum Gasteiger partial charge on any atom is -0.311 e. The molecule has 0 radical (unpaired) electrons. The van der Waals surface area contributed by atoms with E-state index in [0.29, 0.717) is 34.1 Å². The molecule has 1 atom stereocenters. The fraction of sp³-hybridized carbons (Fsp3) is 0.167. The van der Waals surface area contributed by atoms with Gasteiger partial charge in [0.05, 0.1) is 12.2 Å². The monoisotopic (exact) mass is 470 g/mol. The molecular weight excluding hydrogens is 454 g/mol. The van der Waals surface area contributed by atoms with E-state index in [9.17, 15) is 18.4 Å². The number of anilines is 1. The number of fused-ring (bicyclic) bond motifs is 2. The topological polar surface area (TPSA) is 40.6 Å². The average Bonchev–Trinajstić information content (AvgIpc) is 3.32. The molecule has 1 fully saturated rings. The van der Waals surface area contributed by atoms with Crippen LogP contribution in [0.5, 0.6) is 0 Å². The Morgan fingerprint density at radius 3 is 2.41 bits per heavy atom. The predicted octanol–water partition coefficient (Wildman–Crippen LogP) is 5.21. The number of halogens is 3. The van der Waals surface area contributed by atoms with Gasteiger partial charge in [-0.3, -0.25) is 9.59 Å². The zero-order valence-electron chi connectivity index (χ0n) is 16.7. The molecule has 2 aliphatic heterocycles. The highest BCUT2D eigenvalue weighted by molar-refractivity contribution is 8.01. The second-order valence-corrected chi connectivity index (χ2v) is 9.36. The molecule has 0 aromatic heterocycles. The maximum Gasteiger partial charge on any atom is 0.268 e. The van der Waals surface area contributed by atoms with Crippen LogP contribution < -0.4 is 4.90 Å². The molecular formula is C24H17ClF2N2O2S. The summed E-state index contributed by atoms with van der Waals surface area (Å²) in [5, 5.41) is 0.502. The molecule has 8 heteroatoms. The minimum absolute atomic E-state index is 0.184. The van der Waals surface area contributed by atoms with Gasteiger partial charge in [0, 0.05) is 28.4 Å². The zero-order valence-corrected chi connectivity index (χ0v) is 18.3. The molecule has 3 aromatic carbocycles. The number of rotatable bonds is 3. The molecule has 0 aliphatic carbocycles. The van der Waals surface area contributed by atoms with Crippen LogP contribution in [0, 0.1) is 11.6 Å². The number of thioether (sulfide) groups is 1. The SMILES string of the molecule is O=C(c1ccc(Cl)cc1)N1CCS[C@]12C(=O)N(Cc1ccc(F)cc1)c1ccc(F)cc12. The van der Waals surface area contributed by atoms with E-state index in [1.54, 1.807) is 47.4 Å². The number of benzene rings is 3. The molecule has 1 spiro atoms. The van der Waals surface area contributed by atoms with Crippen molar-refractivity contribution in [2.45, 2.75) is 11.4 Å². The van der Waals surface area contributed by atoms with Gasteiger partial charge in [-0.05, 0) is 60.2 Å². The molecule has 5 rings (SSSR count). The van der Waals surface area contributed by atoms with Gasteiger partial charge in [-0.1, -0.05) is 23.7 Å². The van der Waals surface area contributed by atoms with Crippen LogP contribution >= 0.6 is 23.4 Å². The molecule has 0 saturated carbocycles. The molecule has 3 aromatic rings. The Hall–Kier alpha value is -2.90. The molecule has 2 aliphatic rings. The first kappa shape index (κ1) is 21.0. The van der Waals surface area contributed by atoms with E-state index in [0.717, 1.165) is 5.56 Å². The van der Waals surface area contributed by atoms with Crippen molar-refractivity contribution < 1.29 is 18.4 Å². The van der Waals surface area contributed by atoms with Crippen molar-refractivity contribution in [1.29, 1.82) is 0 Å². The number of hydrogen-bond acceptors (Lipinski definition) is 3. The Kier molecular flexibility index (Phi) is 5.18. The van der Waals surface area contributed by atoms with Crippen LogP contribution in [0.15, 0.2) is 66.7 Å². The normalized spacial score (nSPS) is 19.7. The van der Waals surface area contributed by atoms with E-state index in [4.69, 9.17) is 11.6 Å².